The fraction of sp³-hybridized carbons (Fsp3) is 0.462. The molecule has 0 radical (unpaired) electrons. The van der Waals surface area contributed by atoms with Crippen molar-refractivity contribution in [2.24, 2.45) is 0 Å². The fourth-order valence-corrected chi connectivity index (χ4v) is 2.31. The molecule has 1 aliphatic heterocycles. The molecule has 1 saturated heterocycles. The zero-order valence-electron chi connectivity index (χ0n) is 10.7. The average Bonchev–Trinajstić information content (AvgIpc) is 2.67. The summed E-state index contributed by atoms with van der Waals surface area (Å²) < 4.78 is 37.9. The van der Waals surface area contributed by atoms with Crippen LogP contribution in [0.5, 0.6) is 0 Å². The van der Waals surface area contributed by atoms with Gasteiger partial charge in [-0.1, -0.05) is 0 Å². The molecular formula is C13H14F3NO3. The summed E-state index contributed by atoms with van der Waals surface area (Å²) >= 11 is 0. The quantitative estimate of drug-likeness (QED) is 0.877. The minimum absolute atomic E-state index is 0.193. The Morgan fingerprint density at radius 1 is 1.40 bits per heavy atom. The lowest BCUT2D eigenvalue weighted by atomic mass is 10.1. The van der Waals surface area contributed by atoms with Crippen LogP contribution in [0.1, 0.15) is 29.3 Å². The summed E-state index contributed by atoms with van der Waals surface area (Å²) in [5, 5.41) is 19.0. The highest BCUT2D eigenvalue weighted by Crippen LogP contribution is 2.35. The number of carboxylic acid groups (broad SMARTS) is 1. The molecule has 1 unspecified atom stereocenters. The van der Waals surface area contributed by atoms with E-state index in [9.17, 15) is 23.1 Å². The maximum Gasteiger partial charge on any atom is 0.416 e. The van der Waals surface area contributed by atoms with Gasteiger partial charge in [-0.25, -0.2) is 4.79 Å². The van der Waals surface area contributed by atoms with Crippen molar-refractivity contribution < 1.29 is 28.2 Å². The summed E-state index contributed by atoms with van der Waals surface area (Å²) in [6.07, 6.45) is -4.15. The number of hydrogen-bond acceptors (Lipinski definition) is 3. The van der Waals surface area contributed by atoms with Crippen LogP contribution in [0, 0.1) is 0 Å². The van der Waals surface area contributed by atoms with Gasteiger partial charge < -0.3 is 15.1 Å². The summed E-state index contributed by atoms with van der Waals surface area (Å²) in [5.74, 6) is -1.42. The molecule has 0 aliphatic carbocycles. The van der Waals surface area contributed by atoms with Crippen molar-refractivity contribution in [2.45, 2.75) is 25.1 Å². The third-order valence-corrected chi connectivity index (χ3v) is 3.35. The van der Waals surface area contributed by atoms with Gasteiger partial charge in [0, 0.05) is 13.1 Å². The van der Waals surface area contributed by atoms with Crippen molar-refractivity contribution in [2.75, 3.05) is 18.0 Å². The van der Waals surface area contributed by atoms with E-state index in [1.807, 2.05) is 0 Å². The Morgan fingerprint density at radius 3 is 2.50 bits per heavy atom. The first-order valence-electron chi connectivity index (χ1n) is 6.02. The number of alkyl halides is 3. The van der Waals surface area contributed by atoms with Crippen molar-refractivity contribution in [3.63, 3.8) is 0 Å². The Morgan fingerprint density at radius 2 is 2.05 bits per heavy atom. The van der Waals surface area contributed by atoms with E-state index >= 15 is 0 Å². The fourth-order valence-electron chi connectivity index (χ4n) is 2.31. The van der Waals surface area contributed by atoms with E-state index in [4.69, 9.17) is 5.11 Å². The molecule has 1 aromatic carbocycles. The summed E-state index contributed by atoms with van der Waals surface area (Å²) in [6, 6.07) is 2.63. The SMILES string of the molecule is CC1(O)CCN(c2ccc(C(F)(F)F)cc2C(=O)O)C1. The molecule has 1 fully saturated rings. The molecule has 20 heavy (non-hydrogen) atoms. The summed E-state index contributed by atoms with van der Waals surface area (Å²) in [6.45, 7) is 2.20. The van der Waals surface area contributed by atoms with Crippen LogP contribution in [-0.4, -0.2) is 34.9 Å². The Hall–Kier alpha value is -1.76. The minimum atomic E-state index is -4.58. The number of benzene rings is 1. The number of rotatable bonds is 2. The van der Waals surface area contributed by atoms with E-state index in [2.05, 4.69) is 0 Å². The van der Waals surface area contributed by atoms with Crippen molar-refractivity contribution in [1.29, 1.82) is 0 Å². The van der Waals surface area contributed by atoms with Crippen molar-refractivity contribution >= 4 is 11.7 Å². The average molecular weight is 289 g/mol. The van der Waals surface area contributed by atoms with Crippen LogP contribution in [0.25, 0.3) is 0 Å². The highest BCUT2D eigenvalue weighted by atomic mass is 19.4. The van der Waals surface area contributed by atoms with E-state index < -0.39 is 28.9 Å². The van der Waals surface area contributed by atoms with Crippen LogP contribution in [-0.2, 0) is 6.18 Å². The number of carboxylic acids is 1. The number of aliphatic hydroxyl groups is 1. The molecule has 4 nitrogen and oxygen atoms in total. The smallest absolute Gasteiger partial charge is 0.416 e. The molecular weight excluding hydrogens is 275 g/mol. The number of β-amino-alcohol motifs (C(OH)–C–C–N with tert-alkyl or cyclic N) is 1. The van der Waals surface area contributed by atoms with Gasteiger partial charge in [0.1, 0.15) is 0 Å². The first-order chi connectivity index (χ1) is 9.10. The van der Waals surface area contributed by atoms with Crippen LogP contribution in [0.2, 0.25) is 0 Å². The topological polar surface area (TPSA) is 60.8 Å². The second kappa shape index (κ2) is 4.66. The standard InChI is InChI=1S/C13H14F3NO3/c1-12(20)4-5-17(7-12)10-3-2-8(13(14,15)16)6-9(10)11(18)19/h2-3,6,20H,4-5,7H2,1H3,(H,18,19). The second-order valence-electron chi connectivity index (χ2n) is 5.20. The highest BCUT2D eigenvalue weighted by Gasteiger charge is 2.35. The van der Waals surface area contributed by atoms with Gasteiger partial charge in [0.05, 0.1) is 22.4 Å². The molecule has 1 heterocycles. The number of hydrogen-bond donors (Lipinski definition) is 2. The van der Waals surface area contributed by atoms with E-state index in [-0.39, 0.29) is 12.2 Å². The third-order valence-electron chi connectivity index (χ3n) is 3.35. The van der Waals surface area contributed by atoms with Crippen LogP contribution in [0.3, 0.4) is 0 Å². The van der Waals surface area contributed by atoms with Gasteiger partial charge in [-0.2, -0.15) is 13.2 Å². The Balaban J connectivity index is 2.42. The maximum atomic E-state index is 12.6. The number of anilines is 1. The number of aromatic carboxylic acids is 1. The first-order valence-corrected chi connectivity index (χ1v) is 6.02. The maximum absolute atomic E-state index is 12.6. The summed E-state index contributed by atoms with van der Waals surface area (Å²) in [5.41, 5.74) is -2.16. The minimum Gasteiger partial charge on any atom is -0.478 e. The Kier molecular flexibility index (Phi) is 3.41. The number of halogens is 3. The van der Waals surface area contributed by atoms with Gasteiger partial charge in [-0.05, 0) is 31.5 Å². The van der Waals surface area contributed by atoms with Crippen molar-refractivity contribution in [3.05, 3.63) is 29.3 Å². The highest BCUT2D eigenvalue weighted by molar-refractivity contribution is 5.95. The summed E-state index contributed by atoms with van der Waals surface area (Å²) in [4.78, 5) is 12.7. The molecule has 1 aliphatic rings. The lowest BCUT2D eigenvalue weighted by molar-refractivity contribution is -0.137. The van der Waals surface area contributed by atoms with Gasteiger partial charge in [0.15, 0.2) is 0 Å². The van der Waals surface area contributed by atoms with E-state index in [0.29, 0.717) is 19.0 Å². The van der Waals surface area contributed by atoms with Crippen LogP contribution in [0.4, 0.5) is 18.9 Å². The predicted octanol–water partition coefficient (Wildman–Crippen LogP) is 2.36. The Labute approximate surface area is 113 Å². The lowest BCUT2D eigenvalue weighted by Gasteiger charge is -2.23. The molecule has 1 aromatic rings. The Bertz CT molecular complexity index is 540. The van der Waals surface area contributed by atoms with Gasteiger partial charge in [0.2, 0.25) is 0 Å². The monoisotopic (exact) mass is 289 g/mol. The molecule has 0 spiro atoms. The second-order valence-corrected chi connectivity index (χ2v) is 5.20. The van der Waals surface area contributed by atoms with Crippen LogP contribution in [0.15, 0.2) is 18.2 Å². The van der Waals surface area contributed by atoms with Crippen molar-refractivity contribution in [1.82, 2.24) is 0 Å². The van der Waals surface area contributed by atoms with Gasteiger partial charge >= 0.3 is 12.1 Å². The molecule has 110 valence electrons. The molecule has 7 heteroatoms. The number of carbonyl (C=O) groups is 1. The lowest BCUT2D eigenvalue weighted by Crippen LogP contribution is -2.30. The molecule has 0 amide bonds. The summed E-state index contributed by atoms with van der Waals surface area (Å²) in [7, 11) is 0. The normalized spacial score (nSPS) is 23.1. The largest absolute Gasteiger partial charge is 0.478 e. The first kappa shape index (κ1) is 14.6. The number of nitrogens with zero attached hydrogens (tertiary/aromatic N) is 1. The zero-order chi connectivity index (χ0) is 15.1. The molecule has 0 bridgehead atoms. The van der Waals surface area contributed by atoms with Crippen molar-refractivity contribution in [3.8, 4) is 0 Å². The molecule has 1 atom stereocenters. The van der Waals surface area contributed by atoms with Gasteiger partial charge in [-0.15, -0.1) is 0 Å². The van der Waals surface area contributed by atoms with Gasteiger partial charge in [0.25, 0.3) is 0 Å². The zero-order valence-corrected chi connectivity index (χ0v) is 10.7. The van der Waals surface area contributed by atoms with Crippen LogP contribution < -0.4 is 4.90 Å². The van der Waals surface area contributed by atoms with E-state index in [1.54, 1.807) is 11.8 Å². The van der Waals surface area contributed by atoms with Gasteiger partial charge in [-0.3, -0.25) is 0 Å². The van der Waals surface area contributed by atoms with Crippen LogP contribution >= 0.6 is 0 Å². The molecule has 0 saturated carbocycles. The molecule has 2 N–H and O–H groups in total. The predicted molar refractivity (Wildman–Crippen MR) is 65.9 cm³/mol. The third kappa shape index (κ3) is 2.87. The molecule has 0 aromatic heterocycles. The molecule has 2 rings (SSSR count). The van der Waals surface area contributed by atoms with E-state index in [0.717, 1.165) is 12.1 Å². The van der Waals surface area contributed by atoms with E-state index in [1.165, 1.54) is 0 Å².